The zero-order chi connectivity index (χ0) is 17.0. The molecule has 0 radical (unpaired) electrons. The lowest BCUT2D eigenvalue weighted by Crippen LogP contribution is -2.08. The third kappa shape index (κ3) is 4.17. The largest absolute Gasteiger partial charge is 0.352 e. The van der Waals surface area contributed by atoms with Crippen LogP contribution in [0.1, 0.15) is 46.3 Å². The lowest BCUT2D eigenvalue weighted by Gasteiger charge is -2.22. The summed E-state index contributed by atoms with van der Waals surface area (Å²) in [4.78, 5) is 1.37. The fourth-order valence-electron chi connectivity index (χ4n) is 3.04. The van der Waals surface area contributed by atoms with E-state index in [1.165, 1.54) is 27.1 Å². The van der Waals surface area contributed by atoms with E-state index >= 15 is 0 Å². The standard InChI is InChI=1S/C20H26O2S/c1-13-11-14(2)19(15(3)12-13)23-16(4)17-9-7-8-10-18(17)20(21-5)22-6/h7-12,16,20H,1-6H3/t16-/m0/s1. The minimum atomic E-state index is -0.325. The fourth-order valence-corrected chi connectivity index (χ4v) is 4.22. The van der Waals surface area contributed by atoms with E-state index in [4.69, 9.17) is 9.47 Å². The average molecular weight is 330 g/mol. The minimum absolute atomic E-state index is 0.319. The van der Waals surface area contributed by atoms with Crippen LogP contribution in [0.3, 0.4) is 0 Å². The van der Waals surface area contributed by atoms with Gasteiger partial charge < -0.3 is 9.47 Å². The van der Waals surface area contributed by atoms with Crippen molar-refractivity contribution in [1.82, 2.24) is 0 Å². The van der Waals surface area contributed by atoms with Gasteiger partial charge in [-0.1, -0.05) is 42.0 Å². The van der Waals surface area contributed by atoms with Gasteiger partial charge in [0, 0.05) is 29.9 Å². The molecule has 0 heterocycles. The van der Waals surface area contributed by atoms with E-state index in [2.05, 4.69) is 58.0 Å². The maximum atomic E-state index is 5.46. The minimum Gasteiger partial charge on any atom is -0.352 e. The van der Waals surface area contributed by atoms with Gasteiger partial charge in [0.25, 0.3) is 0 Å². The Labute approximate surface area is 144 Å². The van der Waals surface area contributed by atoms with E-state index in [0.29, 0.717) is 5.25 Å². The van der Waals surface area contributed by atoms with Crippen molar-refractivity contribution in [3.8, 4) is 0 Å². The van der Waals surface area contributed by atoms with Crippen LogP contribution in [0.15, 0.2) is 41.3 Å². The highest BCUT2D eigenvalue weighted by molar-refractivity contribution is 7.99. The third-order valence-corrected chi connectivity index (χ3v) is 5.50. The van der Waals surface area contributed by atoms with Gasteiger partial charge in [0.1, 0.15) is 0 Å². The second-order valence-electron chi connectivity index (χ2n) is 5.92. The molecule has 0 aromatic heterocycles. The molecule has 0 saturated carbocycles. The molecule has 2 rings (SSSR count). The van der Waals surface area contributed by atoms with Crippen molar-refractivity contribution in [2.24, 2.45) is 0 Å². The molecule has 0 N–H and O–H groups in total. The van der Waals surface area contributed by atoms with Crippen molar-refractivity contribution in [3.63, 3.8) is 0 Å². The number of aryl methyl sites for hydroxylation is 3. The monoisotopic (exact) mass is 330 g/mol. The maximum absolute atomic E-state index is 5.46. The van der Waals surface area contributed by atoms with Gasteiger partial charge in [-0.25, -0.2) is 0 Å². The Morgan fingerprint density at radius 2 is 1.39 bits per heavy atom. The molecule has 0 aliphatic rings. The second kappa shape index (κ2) is 8.00. The number of benzene rings is 2. The molecule has 0 fully saturated rings. The van der Waals surface area contributed by atoms with Crippen molar-refractivity contribution < 1.29 is 9.47 Å². The Bertz CT molecular complexity index is 639. The average Bonchev–Trinajstić information content (AvgIpc) is 2.52. The van der Waals surface area contributed by atoms with Gasteiger partial charge in [-0.05, 0) is 44.4 Å². The Morgan fingerprint density at radius 3 is 1.91 bits per heavy atom. The van der Waals surface area contributed by atoms with Gasteiger partial charge in [0.15, 0.2) is 6.29 Å². The summed E-state index contributed by atoms with van der Waals surface area (Å²) in [5.74, 6) is 0. The molecule has 0 aliphatic carbocycles. The van der Waals surface area contributed by atoms with Crippen molar-refractivity contribution in [2.75, 3.05) is 14.2 Å². The van der Waals surface area contributed by atoms with Gasteiger partial charge in [-0.15, -0.1) is 11.8 Å². The molecular weight excluding hydrogens is 304 g/mol. The summed E-state index contributed by atoms with van der Waals surface area (Å²) in [7, 11) is 3.36. The summed E-state index contributed by atoms with van der Waals surface area (Å²) < 4.78 is 10.9. The number of rotatable bonds is 6. The van der Waals surface area contributed by atoms with E-state index in [1.54, 1.807) is 14.2 Å². The van der Waals surface area contributed by atoms with Crippen molar-refractivity contribution in [1.29, 1.82) is 0 Å². The van der Waals surface area contributed by atoms with Crippen molar-refractivity contribution in [2.45, 2.75) is 44.1 Å². The normalized spacial score (nSPS) is 12.7. The summed E-state index contributed by atoms with van der Waals surface area (Å²) in [6, 6.07) is 12.9. The van der Waals surface area contributed by atoms with Gasteiger partial charge in [-0.2, -0.15) is 0 Å². The molecule has 23 heavy (non-hydrogen) atoms. The number of hydrogen-bond acceptors (Lipinski definition) is 3. The number of ether oxygens (including phenoxy) is 2. The van der Waals surface area contributed by atoms with Crippen LogP contribution >= 0.6 is 11.8 Å². The van der Waals surface area contributed by atoms with Crippen LogP contribution in [0, 0.1) is 20.8 Å². The molecule has 124 valence electrons. The highest BCUT2D eigenvalue weighted by atomic mass is 32.2. The lowest BCUT2D eigenvalue weighted by molar-refractivity contribution is -0.106. The molecule has 0 saturated heterocycles. The van der Waals surface area contributed by atoms with Crippen LogP contribution in [0.5, 0.6) is 0 Å². The highest BCUT2D eigenvalue weighted by Gasteiger charge is 2.19. The van der Waals surface area contributed by atoms with Gasteiger partial charge >= 0.3 is 0 Å². The van der Waals surface area contributed by atoms with Crippen molar-refractivity contribution in [3.05, 3.63) is 64.2 Å². The summed E-state index contributed by atoms with van der Waals surface area (Å²) in [6.07, 6.45) is -0.325. The molecule has 0 spiro atoms. The zero-order valence-corrected chi connectivity index (χ0v) is 15.7. The Kier molecular flexibility index (Phi) is 6.28. The quantitative estimate of drug-likeness (QED) is 0.496. The van der Waals surface area contributed by atoms with E-state index in [9.17, 15) is 0 Å². The van der Waals surface area contributed by atoms with Gasteiger partial charge in [0.05, 0.1) is 0 Å². The van der Waals surface area contributed by atoms with E-state index in [1.807, 2.05) is 17.8 Å². The summed E-state index contributed by atoms with van der Waals surface area (Å²) >= 11 is 1.90. The zero-order valence-electron chi connectivity index (χ0n) is 14.8. The van der Waals surface area contributed by atoms with Crippen LogP contribution in [-0.4, -0.2) is 14.2 Å². The Balaban J connectivity index is 2.34. The molecule has 1 atom stereocenters. The van der Waals surface area contributed by atoms with Crippen molar-refractivity contribution >= 4 is 11.8 Å². The Morgan fingerprint density at radius 1 is 0.870 bits per heavy atom. The topological polar surface area (TPSA) is 18.5 Å². The number of thioether (sulfide) groups is 1. The molecule has 2 nitrogen and oxygen atoms in total. The summed E-state index contributed by atoms with van der Waals surface area (Å²) in [5.41, 5.74) is 6.35. The van der Waals surface area contributed by atoms with Gasteiger partial charge in [0.2, 0.25) is 0 Å². The first-order chi connectivity index (χ1) is 11.0. The van der Waals surface area contributed by atoms with Crippen LogP contribution in [-0.2, 0) is 9.47 Å². The maximum Gasteiger partial charge on any atom is 0.183 e. The molecule has 0 amide bonds. The molecular formula is C20H26O2S. The number of hydrogen-bond donors (Lipinski definition) is 0. The number of methoxy groups -OCH3 is 2. The first-order valence-corrected chi connectivity index (χ1v) is 8.74. The lowest BCUT2D eigenvalue weighted by atomic mass is 10.0. The van der Waals surface area contributed by atoms with Gasteiger partial charge in [-0.3, -0.25) is 0 Å². The first kappa shape index (κ1) is 18.1. The predicted molar refractivity (Wildman–Crippen MR) is 98.1 cm³/mol. The smallest absolute Gasteiger partial charge is 0.183 e. The highest BCUT2D eigenvalue weighted by Crippen LogP contribution is 2.41. The van der Waals surface area contributed by atoms with Crippen LogP contribution in [0.2, 0.25) is 0 Å². The molecule has 0 unspecified atom stereocenters. The second-order valence-corrected chi connectivity index (χ2v) is 7.27. The third-order valence-electron chi connectivity index (χ3n) is 4.02. The predicted octanol–water partition coefficient (Wildman–Crippen LogP) is 5.76. The summed E-state index contributed by atoms with van der Waals surface area (Å²) in [5, 5.41) is 0.319. The molecule has 3 heteroatoms. The van der Waals surface area contributed by atoms with E-state index in [0.717, 1.165) is 5.56 Å². The molecule has 0 bridgehead atoms. The van der Waals surface area contributed by atoms with E-state index < -0.39 is 0 Å². The molecule has 2 aromatic carbocycles. The van der Waals surface area contributed by atoms with Crippen LogP contribution in [0.25, 0.3) is 0 Å². The Hall–Kier alpha value is -1.29. The van der Waals surface area contributed by atoms with E-state index in [-0.39, 0.29) is 6.29 Å². The SMILES string of the molecule is COC(OC)c1ccccc1[C@H](C)Sc1c(C)cc(C)cc1C. The summed E-state index contributed by atoms with van der Waals surface area (Å²) in [6.45, 7) is 8.77. The van der Waals surface area contributed by atoms with Crippen LogP contribution < -0.4 is 0 Å². The van der Waals surface area contributed by atoms with Crippen LogP contribution in [0.4, 0.5) is 0 Å². The fraction of sp³-hybridized carbons (Fsp3) is 0.400. The molecule has 0 aliphatic heterocycles. The first-order valence-electron chi connectivity index (χ1n) is 7.86. The molecule has 2 aromatic rings.